The average Bonchev–Trinajstić information content (AvgIpc) is 2.87. The third-order valence-electron chi connectivity index (χ3n) is 3.14. The SMILES string of the molecule is COCCNCc1cc(=O)[nH]c(CC2CCOC2)n1. The highest BCUT2D eigenvalue weighted by atomic mass is 16.5. The summed E-state index contributed by atoms with van der Waals surface area (Å²) in [5.74, 6) is 1.23. The van der Waals surface area contributed by atoms with Gasteiger partial charge in [0.2, 0.25) is 0 Å². The molecule has 0 bridgehead atoms. The van der Waals surface area contributed by atoms with E-state index in [1.807, 2.05) is 0 Å². The van der Waals surface area contributed by atoms with E-state index in [1.54, 1.807) is 7.11 Å². The highest BCUT2D eigenvalue weighted by Gasteiger charge is 2.17. The minimum atomic E-state index is -0.0903. The first kappa shape index (κ1) is 14.2. The zero-order valence-electron chi connectivity index (χ0n) is 11.3. The predicted molar refractivity (Wildman–Crippen MR) is 71.1 cm³/mol. The van der Waals surface area contributed by atoms with Gasteiger partial charge in [-0.25, -0.2) is 4.98 Å². The molecule has 2 heterocycles. The van der Waals surface area contributed by atoms with Gasteiger partial charge in [0.1, 0.15) is 5.82 Å². The van der Waals surface area contributed by atoms with E-state index in [9.17, 15) is 4.79 Å². The van der Waals surface area contributed by atoms with Gasteiger partial charge in [-0.1, -0.05) is 0 Å². The Labute approximate surface area is 112 Å². The lowest BCUT2D eigenvalue weighted by Gasteiger charge is -2.08. The first-order chi connectivity index (χ1) is 9.28. The van der Waals surface area contributed by atoms with Gasteiger partial charge in [0.05, 0.1) is 12.3 Å². The fraction of sp³-hybridized carbons (Fsp3) is 0.692. The second-order valence-corrected chi connectivity index (χ2v) is 4.79. The van der Waals surface area contributed by atoms with Crippen LogP contribution in [0.15, 0.2) is 10.9 Å². The van der Waals surface area contributed by atoms with Gasteiger partial charge in [-0.2, -0.15) is 0 Å². The number of hydrogen-bond donors (Lipinski definition) is 2. The highest BCUT2D eigenvalue weighted by Crippen LogP contribution is 2.15. The van der Waals surface area contributed by atoms with Crippen LogP contribution in [0.2, 0.25) is 0 Å². The van der Waals surface area contributed by atoms with Gasteiger partial charge < -0.3 is 19.8 Å². The highest BCUT2D eigenvalue weighted by molar-refractivity contribution is 5.03. The van der Waals surface area contributed by atoms with Crippen LogP contribution in [-0.2, 0) is 22.4 Å². The van der Waals surface area contributed by atoms with E-state index in [-0.39, 0.29) is 5.56 Å². The van der Waals surface area contributed by atoms with Crippen molar-refractivity contribution >= 4 is 0 Å². The smallest absolute Gasteiger partial charge is 0.251 e. The quantitative estimate of drug-likeness (QED) is 0.685. The summed E-state index contributed by atoms with van der Waals surface area (Å²) in [7, 11) is 1.66. The van der Waals surface area contributed by atoms with Gasteiger partial charge in [-0.15, -0.1) is 0 Å². The number of methoxy groups -OCH3 is 1. The molecule has 1 saturated heterocycles. The Hall–Kier alpha value is -1.24. The van der Waals surface area contributed by atoms with Gasteiger partial charge in [0, 0.05) is 45.9 Å². The van der Waals surface area contributed by atoms with Crippen LogP contribution in [0.3, 0.4) is 0 Å². The molecule has 0 amide bonds. The number of aromatic nitrogens is 2. The van der Waals surface area contributed by atoms with Crippen molar-refractivity contribution in [3.63, 3.8) is 0 Å². The predicted octanol–water partition coefficient (Wildman–Crippen LogP) is 0.0849. The largest absolute Gasteiger partial charge is 0.383 e. The summed E-state index contributed by atoms with van der Waals surface area (Å²) in [5, 5.41) is 3.19. The van der Waals surface area contributed by atoms with Crippen molar-refractivity contribution in [1.29, 1.82) is 0 Å². The van der Waals surface area contributed by atoms with E-state index in [2.05, 4.69) is 15.3 Å². The second-order valence-electron chi connectivity index (χ2n) is 4.79. The number of nitrogens with zero attached hydrogens (tertiary/aromatic N) is 1. The van der Waals surface area contributed by atoms with Crippen molar-refractivity contribution in [2.24, 2.45) is 5.92 Å². The van der Waals surface area contributed by atoms with Crippen molar-refractivity contribution in [3.05, 3.63) is 27.9 Å². The molecular formula is C13H21N3O3. The minimum Gasteiger partial charge on any atom is -0.383 e. The van der Waals surface area contributed by atoms with E-state index >= 15 is 0 Å². The molecule has 1 aliphatic rings. The molecule has 0 radical (unpaired) electrons. The van der Waals surface area contributed by atoms with Gasteiger partial charge >= 0.3 is 0 Å². The van der Waals surface area contributed by atoms with E-state index in [4.69, 9.17) is 9.47 Å². The fourth-order valence-corrected chi connectivity index (χ4v) is 2.16. The molecule has 1 unspecified atom stereocenters. The van der Waals surface area contributed by atoms with Crippen molar-refractivity contribution in [3.8, 4) is 0 Å². The molecule has 106 valence electrons. The third kappa shape index (κ3) is 4.74. The Morgan fingerprint density at radius 3 is 3.26 bits per heavy atom. The molecule has 2 N–H and O–H groups in total. The standard InChI is InChI=1S/C13H21N3O3/c1-18-5-3-14-8-11-7-13(17)16-12(15-11)6-10-2-4-19-9-10/h7,10,14H,2-6,8-9H2,1H3,(H,15,16,17). The lowest BCUT2D eigenvalue weighted by atomic mass is 10.0. The topological polar surface area (TPSA) is 76.2 Å². The van der Waals surface area contributed by atoms with Crippen LogP contribution in [0, 0.1) is 5.92 Å². The van der Waals surface area contributed by atoms with Crippen molar-refractivity contribution < 1.29 is 9.47 Å². The van der Waals surface area contributed by atoms with E-state index in [0.29, 0.717) is 19.1 Å². The molecule has 19 heavy (non-hydrogen) atoms. The Bertz CT molecular complexity index is 441. The van der Waals surface area contributed by atoms with Gasteiger partial charge in [-0.05, 0) is 12.3 Å². The maximum Gasteiger partial charge on any atom is 0.251 e. The maximum absolute atomic E-state index is 11.6. The summed E-state index contributed by atoms with van der Waals surface area (Å²) >= 11 is 0. The number of nitrogens with one attached hydrogen (secondary N) is 2. The van der Waals surface area contributed by atoms with E-state index < -0.39 is 0 Å². The molecule has 0 spiro atoms. The van der Waals surface area contributed by atoms with Crippen LogP contribution in [0.1, 0.15) is 17.9 Å². The molecule has 6 heteroatoms. The van der Waals surface area contributed by atoms with Crippen LogP contribution < -0.4 is 10.9 Å². The normalized spacial score (nSPS) is 18.9. The monoisotopic (exact) mass is 267 g/mol. The van der Waals surface area contributed by atoms with E-state index in [0.717, 1.165) is 44.1 Å². The molecule has 6 nitrogen and oxygen atoms in total. The first-order valence-electron chi connectivity index (χ1n) is 6.64. The summed E-state index contributed by atoms with van der Waals surface area (Å²) < 4.78 is 10.3. The first-order valence-corrected chi connectivity index (χ1v) is 6.64. The number of aromatic amines is 1. The molecule has 1 fully saturated rings. The van der Waals surface area contributed by atoms with Crippen LogP contribution >= 0.6 is 0 Å². The van der Waals surface area contributed by atoms with Gasteiger partial charge in [0.15, 0.2) is 0 Å². The maximum atomic E-state index is 11.6. The van der Waals surface area contributed by atoms with E-state index in [1.165, 1.54) is 6.07 Å². The summed E-state index contributed by atoms with van der Waals surface area (Å²) in [6, 6.07) is 1.54. The van der Waals surface area contributed by atoms with Crippen LogP contribution in [0.5, 0.6) is 0 Å². The Morgan fingerprint density at radius 2 is 2.53 bits per heavy atom. The number of H-pyrrole nitrogens is 1. The number of rotatable bonds is 7. The lowest BCUT2D eigenvalue weighted by Crippen LogP contribution is -2.22. The third-order valence-corrected chi connectivity index (χ3v) is 3.14. The number of ether oxygens (including phenoxy) is 2. The number of hydrogen-bond acceptors (Lipinski definition) is 5. The van der Waals surface area contributed by atoms with Crippen LogP contribution in [0.25, 0.3) is 0 Å². The Morgan fingerprint density at radius 1 is 1.63 bits per heavy atom. The zero-order valence-corrected chi connectivity index (χ0v) is 11.3. The van der Waals surface area contributed by atoms with Crippen LogP contribution in [0.4, 0.5) is 0 Å². The van der Waals surface area contributed by atoms with Crippen molar-refractivity contribution in [1.82, 2.24) is 15.3 Å². The molecule has 0 aromatic carbocycles. The average molecular weight is 267 g/mol. The van der Waals surface area contributed by atoms with Crippen LogP contribution in [-0.4, -0.2) is 43.4 Å². The van der Waals surface area contributed by atoms with Crippen molar-refractivity contribution in [2.75, 3.05) is 33.5 Å². The molecule has 1 aromatic rings. The Kier molecular flexibility index (Phi) is 5.50. The molecule has 1 aromatic heterocycles. The lowest BCUT2D eigenvalue weighted by molar-refractivity contribution is 0.185. The molecule has 0 saturated carbocycles. The second kappa shape index (κ2) is 7.37. The summed E-state index contributed by atoms with van der Waals surface area (Å²) in [4.78, 5) is 18.9. The van der Waals surface area contributed by atoms with Gasteiger partial charge in [-0.3, -0.25) is 4.79 Å². The molecule has 1 aliphatic heterocycles. The Balaban J connectivity index is 1.92. The van der Waals surface area contributed by atoms with Gasteiger partial charge in [0.25, 0.3) is 5.56 Å². The summed E-state index contributed by atoms with van der Waals surface area (Å²) in [6.07, 6.45) is 1.82. The summed E-state index contributed by atoms with van der Waals surface area (Å²) in [5.41, 5.74) is 0.682. The zero-order chi connectivity index (χ0) is 13.5. The minimum absolute atomic E-state index is 0.0903. The fourth-order valence-electron chi connectivity index (χ4n) is 2.16. The molecule has 0 aliphatic carbocycles. The molecule has 1 atom stereocenters. The molecular weight excluding hydrogens is 246 g/mol. The molecule has 2 rings (SSSR count). The van der Waals surface area contributed by atoms with Crippen molar-refractivity contribution in [2.45, 2.75) is 19.4 Å². The summed E-state index contributed by atoms with van der Waals surface area (Å²) in [6.45, 7) is 3.56.